The predicted molar refractivity (Wildman–Crippen MR) is 69.5 cm³/mol. The Hall–Kier alpha value is -2.10. The maximum Gasteiger partial charge on any atom is 0.305 e. The summed E-state index contributed by atoms with van der Waals surface area (Å²) in [4.78, 5) is 25.6. The van der Waals surface area contributed by atoms with Crippen LogP contribution in [0.3, 0.4) is 0 Å². The van der Waals surface area contributed by atoms with Gasteiger partial charge in [-0.1, -0.05) is 18.2 Å². The molecule has 0 saturated carbocycles. The quantitative estimate of drug-likeness (QED) is 0.838. The third kappa shape index (κ3) is 2.77. The topological polar surface area (TPSA) is 59.2 Å². The number of carbonyl (C=O) groups excluding carboxylic acids is 1. The molecular weight excluding hydrogens is 230 g/mol. The first-order valence-electron chi connectivity index (χ1n) is 5.88. The zero-order valence-corrected chi connectivity index (χ0v) is 10.2. The molecule has 0 fully saturated rings. The van der Waals surface area contributed by atoms with Crippen molar-refractivity contribution in [2.75, 3.05) is 7.11 Å². The summed E-state index contributed by atoms with van der Waals surface area (Å²) in [5.74, 6) is -0.243. The number of hydrogen-bond acceptors (Lipinski definition) is 3. The minimum absolute atomic E-state index is 0.0847. The highest BCUT2D eigenvalue weighted by molar-refractivity contribution is 5.78. The van der Waals surface area contributed by atoms with Crippen molar-refractivity contribution >= 4 is 16.9 Å². The largest absolute Gasteiger partial charge is 0.469 e. The number of esters is 1. The molecule has 0 spiro atoms. The van der Waals surface area contributed by atoms with Crippen LogP contribution in [0, 0.1) is 0 Å². The molecule has 94 valence electrons. The van der Waals surface area contributed by atoms with E-state index in [0.29, 0.717) is 24.8 Å². The summed E-state index contributed by atoms with van der Waals surface area (Å²) < 4.78 is 4.56. The average Bonchev–Trinajstić information content (AvgIpc) is 2.39. The van der Waals surface area contributed by atoms with Crippen molar-refractivity contribution in [1.29, 1.82) is 0 Å². The fraction of sp³-hybridized carbons (Fsp3) is 0.286. The number of fused-ring (bicyclic) bond motifs is 1. The number of para-hydroxylation sites is 1. The van der Waals surface area contributed by atoms with Crippen LogP contribution in [0.15, 0.2) is 35.1 Å². The average molecular weight is 245 g/mol. The first-order chi connectivity index (χ1) is 8.70. The molecule has 0 amide bonds. The minimum atomic E-state index is -0.243. The van der Waals surface area contributed by atoms with E-state index in [1.807, 2.05) is 30.3 Å². The minimum Gasteiger partial charge on any atom is -0.469 e. The van der Waals surface area contributed by atoms with E-state index in [1.54, 1.807) is 0 Å². The number of ether oxygens (including phenoxy) is 1. The highest BCUT2D eigenvalue weighted by Gasteiger charge is 2.05. The van der Waals surface area contributed by atoms with Crippen molar-refractivity contribution in [1.82, 2.24) is 4.98 Å². The Morgan fingerprint density at radius 3 is 2.89 bits per heavy atom. The number of pyridine rings is 1. The number of H-pyrrole nitrogens is 1. The molecule has 1 N–H and O–H groups in total. The van der Waals surface area contributed by atoms with Crippen LogP contribution in [0.5, 0.6) is 0 Å². The Labute approximate surface area is 105 Å². The van der Waals surface area contributed by atoms with Crippen LogP contribution >= 0.6 is 0 Å². The van der Waals surface area contributed by atoms with Gasteiger partial charge in [-0.25, -0.2) is 0 Å². The molecule has 1 aromatic carbocycles. The van der Waals surface area contributed by atoms with Gasteiger partial charge in [0.05, 0.1) is 7.11 Å². The molecule has 2 rings (SSSR count). The lowest BCUT2D eigenvalue weighted by Gasteiger charge is -2.03. The lowest BCUT2D eigenvalue weighted by atomic mass is 10.1. The summed E-state index contributed by atoms with van der Waals surface area (Å²) in [6.45, 7) is 0. The van der Waals surface area contributed by atoms with Crippen LogP contribution in [0.4, 0.5) is 0 Å². The van der Waals surface area contributed by atoms with Crippen LogP contribution in [0.1, 0.15) is 18.4 Å². The van der Waals surface area contributed by atoms with E-state index in [4.69, 9.17) is 0 Å². The number of benzene rings is 1. The maximum atomic E-state index is 11.8. The molecule has 0 aliphatic carbocycles. The molecule has 0 bridgehead atoms. The third-order valence-corrected chi connectivity index (χ3v) is 2.89. The van der Waals surface area contributed by atoms with E-state index in [0.717, 1.165) is 10.9 Å². The highest BCUT2D eigenvalue weighted by atomic mass is 16.5. The smallest absolute Gasteiger partial charge is 0.305 e. The molecular formula is C14H15NO3. The Bertz CT molecular complexity index is 616. The second kappa shape index (κ2) is 5.49. The van der Waals surface area contributed by atoms with E-state index >= 15 is 0 Å². The van der Waals surface area contributed by atoms with Crippen molar-refractivity contribution in [3.05, 3.63) is 46.2 Å². The summed E-state index contributed by atoms with van der Waals surface area (Å²) in [5.41, 5.74) is 1.45. The van der Waals surface area contributed by atoms with Gasteiger partial charge in [-0.15, -0.1) is 0 Å². The summed E-state index contributed by atoms with van der Waals surface area (Å²) in [6, 6.07) is 9.52. The van der Waals surface area contributed by atoms with Gasteiger partial charge in [-0.3, -0.25) is 9.59 Å². The lowest BCUT2D eigenvalue weighted by Crippen LogP contribution is -2.12. The number of carbonyl (C=O) groups is 1. The van der Waals surface area contributed by atoms with Gasteiger partial charge in [0.25, 0.3) is 5.56 Å². The Morgan fingerprint density at radius 2 is 2.11 bits per heavy atom. The molecule has 4 heteroatoms. The molecule has 18 heavy (non-hydrogen) atoms. The summed E-state index contributed by atoms with van der Waals surface area (Å²) >= 11 is 0. The molecule has 1 aromatic heterocycles. The number of aryl methyl sites for hydroxylation is 1. The van der Waals surface area contributed by atoms with Gasteiger partial charge >= 0.3 is 5.97 Å². The van der Waals surface area contributed by atoms with Crippen LogP contribution in [-0.2, 0) is 16.0 Å². The van der Waals surface area contributed by atoms with Crippen LogP contribution in [-0.4, -0.2) is 18.1 Å². The number of hydrogen-bond donors (Lipinski definition) is 1. The first-order valence-corrected chi connectivity index (χ1v) is 5.88. The van der Waals surface area contributed by atoms with E-state index in [2.05, 4.69) is 9.72 Å². The molecule has 0 saturated heterocycles. The van der Waals surface area contributed by atoms with Crippen molar-refractivity contribution < 1.29 is 9.53 Å². The molecule has 0 aliphatic heterocycles. The van der Waals surface area contributed by atoms with Gasteiger partial charge in [0.1, 0.15) is 0 Å². The van der Waals surface area contributed by atoms with Gasteiger partial charge in [0, 0.05) is 17.5 Å². The number of rotatable bonds is 4. The Balaban J connectivity index is 2.15. The number of methoxy groups -OCH3 is 1. The molecule has 2 aromatic rings. The second-order valence-corrected chi connectivity index (χ2v) is 4.14. The zero-order chi connectivity index (χ0) is 13.0. The molecule has 0 atom stereocenters. The van der Waals surface area contributed by atoms with Gasteiger partial charge in [0.15, 0.2) is 0 Å². The maximum absolute atomic E-state index is 11.8. The van der Waals surface area contributed by atoms with Gasteiger partial charge in [-0.2, -0.15) is 0 Å². The fourth-order valence-electron chi connectivity index (χ4n) is 1.90. The van der Waals surface area contributed by atoms with Gasteiger partial charge in [-0.05, 0) is 30.4 Å². The summed E-state index contributed by atoms with van der Waals surface area (Å²) in [5, 5.41) is 1.00. The van der Waals surface area contributed by atoms with Gasteiger partial charge < -0.3 is 9.72 Å². The number of aromatic amines is 1. The molecule has 0 aliphatic rings. The molecule has 1 heterocycles. The highest BCUT2D eigenvalue weighted by Crippen LogP contribution is 2.11. The zero-order valence-electron chi connectivity index (χ0n) is 10.2. The standard InChI is InChI=1S/C14H15NO3/c1-18-13(16)8-4-6-11-9-10-5-2-3-7-12(10)15-14(11)17/h2-3,5,7,9H,4,6,8H2,1H3,(H,15,17). The van der Waals surface area contributed by atoms with Crippen LogP contribution in [0.2, 0.25) is 0 Å². The summed E-state index contributed by atoms with van der Waals surface area (Å²) in [6.07, 6.45) is 1.53. The number of nitrogens with one attached hydrogen (secondary N) is 1. The number of aromatic nitrogens is 1. The SMILES string of the molecule is COC(=O)CCCc1cc2ccccc2[nH]c1=O. The third-order valence-electron chi connectivity index (χ3n) is 2.89. The molecule has 0 unspecified atom stereocenters. The Kier molecular flexibility index (Phi) is 3.77. The summed E-state index contributed by atoms with van der Waals surface area (Å²) in [7, 11) is 1.37. The monoisotopic (exact) mass is 245 g/mol. The van der Waals surface area contributed by atoms with Crippen molar-refractivity contribution in [2.24, 2.45) is 0 Å². The Morgan fingerprint density at radius 1 is 1.33 bits per heavy atom. The van der Waals surface area contributed by atoms with Gasteiger partial charge in [0.2, 0.25) is 0 Å². The normalized spacial score (nSPS) is 10.5. The molecule has 4 nitrogen and oxygen atoms in total. The van der Waals surface area contributed by atoms with Crippen molar-refractivity contribution in [2.45, 2.75) is 19.3 Å². The van der Waals surface area contributed by atoms with E-state index in [1.165, 1.54) is 7.11 Å². The first kappa shape index (κ1) is 12.4. The van der Waals surface area contributed by atoms with Crippen LogP contribution in [0.25, 0.3) is 10.9 Å². The van der Waals surface area contributed by atoms with E-state index in [-0.39, 0.29) is 11.5 Å². The lowest BCUT2D eigenvalue weighted by molar-refractivity contribution is -0.140. The fourth-order valence-corrected chi connectivity index (χ4v) is 1.90. The second-order valence-electron chi connectivity index (χ2n) is 4.14. The predicted octanol–water partition coefficient (Wildman–Crippen LogP) is 2.02. The van der Waals surface area contributed by atoms with E-state index < -0.39 is 0 Å². The van der Waals surface area contributed by atoms with Crippen molar-refractivity contribution in [3.8, 4) is 0 Å². The van der Waals surface area contributed by atoms with Crippen molar-refractivity contribution in [3.63, 3.8) is 0 Å². The molecule has 0 radical (unpaired) electrons. The van der Waals surface area contributed by atoms with E-state index in [9.17, 15) is 9.59 Å². The van der Waals surface area contributed by atoms with Crippen LogP contribution < -0.4 is 5.56 Å².